The second-order valence-corrected chi connectivity index (χ2v) is 7.40. The molecule has 2 aromatic heterocycles. The normalized spacial score (nSPS) is 12.1. The first kappa shape index (κ1) is 19.6. The maximum Gasteiger partial charge on any atom is 0.319 e. The fraction of sp³-hybridized carbons (Fsp3) is 0.125. The number of benzene rings is 3. The van der Waals surface area contributed by atoms with Crippen LogP contribution in [-0.4, -0.2) is 27.9 Å². The number of hydrogen-bond donors (Lipinski definition) is 2. The van der Waals surface area contributed by atoms with Gasteiger partial charge >= 0.3 is 6.03 Å². The number of furan rings is 1. The van der Waals surface area contributed by atoms with Crippen molar-refractivity contribution in [2.24, 2.45) is 0 Å². The van der Waals surface area contributed by atoms with E-state index >= 15 is 0 Å². The first-order valence-corrected chi connectivity index (χ1v) is 10.1. The number of para-hydroxylation sites is 1. The van der Waals surface area contributed by atoms with Crippen molar-refractivity contribution >= 4 is 33.7 Å². The number of methoxy groups -OCH3 is 1. The van der Waals surface area contributed by atoms with E-state index in [0.29, 0.717) is 17.0 Å². The minimum Gasteiger partial charge on any atom is -0.495 e. The molecule has 0 fully saturated rings. The Labute approximate surface area is 183 Å². The summed E-state index contributed by atoms with van der Waals surface area (Å²) in [6, 6.07) is 18.7. The van der Waals surface area contributed by atoms with Gasteiger partial charge in [-0.05, 0) is 36.8 Å². The lowest BCUT2D eigenvalue weighted by Crippen LogP contribution is -2.31. The largest absolute Gasteiger partial charge is 0.495 e. The van der Waals surface area contributed by atoms with Gasteiger partial charge in [-0.25, -0.2) is 14.5 Å². The average molecular weight is 427 g/mol. The molecule has 160 valence electrons. The van der Waals surface area contributed by atoms with Crippen LogP contribution in [0.15, 0.2) is 77.7 Å². The van der Waals surface area contributed by atoms with E-state index in [1.165, 1.54) is 6.33 Å². The molecule has 2 N–H and O–H groups in total. The number of fused-ring (bicyclic) bond motifs is 3. The van der Waals surface area contributed by atoms with Crippen molar-refractivity contribution in [1.82, 2.24) is 20.1 Å². The number of urea groups is 1. The number of amides is 2. The SMILES string of the molecule is COc1cc2c(cc1NC(=O)NC(C)c1ccc(-n3cncn3)cc1)oc1ccccc12. The molecule has 8 heteroatoms. The molecule has 0 saturated heterocycles. The summed E-state index contributed by atoms with van der Waals surface area (Å²) in [5, 5.41) is 11.9. The van der Waals surface area contributed by atoms with Crippen LogP contribution in [-0.2, 0) is 0 Å². The Bertz CT molecular complexity index is 1390. The number of nitrogens with zero attached hydrogens (tertiary/aromatic N) is 3. The van der Waals surface area contributed by atoms with Crippen molar-refractivity contribution < 1.29 is 13.9 Å². The van der Waals surface area contributed by atoms with Crippen LogP contribution < -0.4 is 15.4 Å². The summed E-state index contributed by atoms with van der Waals surface area (Å²) in [5.74, 6) is 0.559. The van der Waals surface area contributed by atoms with Gasteiger partial charge < -0.3 is 19.8 Å². The minimum absolute atomic E-state index is 0.208. The topological polar surface area (TPSA) is 94.2 Å². The molecular weight excluding hydrogens is 406 g/mol. The summed E-state index contributed by atoms with van der Waals surface area (Å²) in [6.07, 6.45) is 3.12. The molecule has 8 nitrogen and oxygen atoms in total. The van der Waals surface area contributed by atoms with Crippen LogP contribution in [0.5, 0.6) is 5.75 Å². The van der Waals surface area contributed by atoms with Crippen LogP contribution in [0.2, 0.25) is 0 Å². The lowest BCUT2D eigenvalue weighted by Gasteiger charge is -2.16. The van der Waals surface area contributed by atoms with Crippen LogP contribution in [0.1, 0.15) is 18.5 Å². The summed E-state index contributed by atoms with van der Waals surface area (Å²) in [7, 11) is 1.58. The Morgan fingerprint density at radius 2 is 1.88 bits per heavy atom. The Kier molecular flexibility index (Phi) is 4.95. The Morgan fingerprint density at radius 3 is 2.62 bits per heavy atom. The van der Waals surface area contributed by atoms with E-state index in [2.05, 4.69) is 20.7 Å². The van der Waals surface area contributed by atoms with E-state index in [1.54, 1.807) is 24.2 Å². The third-order valence-electron chi connectivity index (χ3n) is 5.37. The zero-order valence-electron chi connectivity index (χ0n) is 17.6. The van der Waals surface area contributed by atoms with Gasteiger partial charge in [-0.1, -0.05) is 30.3 Å². The van der Waals surface area contributed by atoms with Gasteiger partial charge in [-0.2, -0.15) is 5.10 Å². The Balaban J connectivity index is 1.33. The van der Waals surface area contributed by atoms with Crippen molar-refractivity contribution in [1.29, 1.82) is 0 Å². The number of nitrogens with one attached hydrogen (secondary N) is 2. The average Bonchev–Trinajstić information content (AvgIpc) is 3.46. The van der Waals surface area contributed by atoms with Crippen LogP contribution in [0.25, 0.3) is 27.6 Å². The van der Waals surface area contributed by atoms with Crippen LogP contribution in [0, 0.1) is 0 Å². The lowest BCUT2D eigenvalue weighted by atomic mass is 10.1. The highest BCUT2D eigenvalue weighted by Crippen LogP contribution is 2.36. The molecule has 5 aromatic rings. The van der Waals surface area contributed by atoms with Crippen LogP contribution >= 0.6 is 0 Å². The minimum atomic E-state index is -0.341. The maximum atomic E-state index is 12.7. The standard InChI is InChI=1S/C24H21N5O3/c1-15(16-7-9-17(10-8-16)29-14-25-13-26-29)27-24(30)28-20-12-22-19(11-23(20)31-2)18-5-3-4-6-21(18)32-22/h3-15H,1-2H3,(H2,27,28,30). The number of hydrogen-bond acceptors (Lipinski definition) is 5. The van der Waals surface area contributed by atoms with Crippen LogP contribution in [0.4, 0.5) is 10.5 Å². The van der Waals surface area contributed by atoms with Gasteiger partial charge in [0, 0.05) is 16.8 Å². The number of carbonyl (C=O) groups is 1. The second-order valence-electron chi connectivity index (χ2n) is 7.40. The highest BCUT2D eigenvalue weighted by Gasteiger charge is 2.15. The molecule has 3 aromatic carbocycles. The van der Waals surface area contributed by atoms with Crippen molar-refractivity contribution in [2.45, 2.75) is 13.0 Å². The number of aromatic nitrogens is 3. The fourth-order valence-corrected chi connectivity index (χ4v) is 3.71. The summed E-state index contributed by atoms with van der Waals surface area (Å²) in [5.41, 5.74) is 3.86. The molecule has 0 saturated carbocycles. The molecule has 0 radical (unpaired) electrons. The smallest absolute Gasteiger partial charge is 0.319 e. The molecule has 0 aliphatic heterocycles. The second kappa shape index (κ2) is 8.07. The predicted molar refractivity (Wildman–Crippen MR) is 122 cm³/mol. The number of carbonyl (C=O) groups excluding carboxylic acids is 1. The predicted octanol–water partition coefficient (Wildman–Crippen LogP) is 5.06. The summed E-state index contributed by atoms with van der Waals surface area (Å²) in [4.78, 5) is 16.6. The van der Waals surface area contributed by atoms with Crippen molar-refractivity contribution in [2.75, 3.05) is 12.4 Å². The molecule has 5 rings (SSSR count). The highest BCUT2D eigenvalue weighted by atomic mass is 16.5. The molecule has 2 amide bonds. The molecule has 0 spiro atoms. The van der Waals surface area contributed by atoms with E-state index in [4.69, 9.17) is 9.15 Å². The number of anilines is 1. The third kappa shape index (κ3) is 3.62. The van der Waals surface area contributed by atoms with Gasteiger partial charge in [-0.15, -0.1) is 0 Å². The van der Waals surface area contributed by atoms with Crippen molar-refractivity contribution in [3.05, 3.63) is 78.9 Å². The first-order chi connectivity index (χ1) is 15.6. The van der Waals surface area contributed by atoms with Gasteiger partial charge in [0.1, 0.15) is 29.6 Å². The molecular formula is C24H21N5O3. The van der Waals surface area contributed by atoms with E-state index in [9.17, 15) is 4.79 Å². The molecule has 1 atom stereocenters. The van der Waals surface area contributed by atoms with Gasteiger partial charge in [0.2, 0.25) is 0 Å². The van der Waals surface area contributed by atoms with Crippen molar-refractivity contribution in [3.63, 3.8) is 0 Å². The lowest BCUT2D eigenvalue weighted by molar-refractivity contribution is 0.249. The Morgan fingerprint density at radius 1 is 1.06 bits per heavy atom. The maximum absolute atomic E-state index is 12.7. The zero-order chi connectivity index (χ0) is 22.1. The number of rotatable bonds is 5. The first-order valence-electron chi connectivity index (χ1n) is 10.1. The van der Waals surface area contributed by atoms with Crippen LogP contribution in [0.3, 0.4) is 0 Å². The quantitative estimate of drug-likeness (QED) is 0.409. The monoisotopic (exact) mass is 427 g/mol. The van der Waals surface area contributed by atoms with E-state index < -0.39 is 0 Å². The van der Waals surface area contributed by atoms with E-state index in [0.717, 1.165) is 27.6 Å². The molecule has 1 unspecified atom stereocenters. The Hall–Kier alpha value is -4.33. The third-order valence-corrected chi connectivity index (χ3v) is 5.37. The summed E-state index contributed by atoms with van der Waals surface area (Å²) >= 11 is 0. The molecule has 32 heavy (non-hydrogen) atoms. The van der Waals surface area contributed by atoms with Gasteiger partial charge in [0.25, 0.3) is 0 Å². The fourth-order valence-electron chi connectivity index (χ4n) is 3.71. The molecule has 0 aliphatic rings. The molecule has 2 heterocycles. The highest BCUT2D eigenvalue weighted by molar-refractivity contribution is 6.07. The van der Waals surface area contributed by atoms with Gasteiger partial charge in [0.05, 0.1) is 24.5 Å². The summed E-state index contributed by atoms with van der Waals surface area (Å²) in [6.45, 7) is 1.92. The molecule has 0 aliphatic carbocycles. The van der Waals surface area contributed by atoms with Gasteiger partial charge in [-0.3, -0.25) is 0 Å². The zero-order valence-corrected chi connectivity index (χ0v) is 17.6. The van der Waals surface area contributed by atoms with E-state index in [1.807, 2.05) is 61.5 Å². The molecule has 0 bridgehead atoms. The number of ether oxygens (including phenoxy) is 1. The van der Waals surface area contributed by atoms with Gasteiger partial charge in [0.15, 0.2) is 0 Å². The van der Waals surface area contributed by atoms with Crippen molar-refractivity contribution in [3.8, 4) is 11.4 Å². The summed E-state index contributed by atoms with van der Waals surface area (Å²) < 4.78 is 13.1. The van der Waals surface area contributed by atoms with E-state index in [-0.39, 0.29) is 12.1 Å².